The molecule has 0 bridgehead atoms. The Bertz CT molecular complexity index is 982. The summed E-state index contributed by atoms with van der Waals surface area (Å²) in [5.41, 5.74) is 1.09. The highest BCUT2D eigenvalue weighted by molar-refractivity contribution is 7.91. The van der Waals surface area contributed by atoms with E-state index >= 15 is 0 Å². The molecule has 5 heteroatoms. The summed E-state index contributed by atoms with van der Waals surface area (Å²) in [7, 11) is -3.75. The standard InChI is InChI=1S/C21H17ClO3S/c22-18-11-13-19(14-12-18)26(24,25)21(17-9-5-2-6-10-17)15-20(23)16-7-3-1-4-8-16/h1-14,21H,15H2/t21-/m0/s1. The number of hydrogen-bond acceptors (Lipinski definition) is 3. The van der Waals surface area contributed by atoms with E-state index in [0.29, 0.717) is 16.1 Å². The van der Waals surface area contributed by atoms with E-state index in [9.17, 15) is 13.2 Å². The highest BCUT2D eigenvalue weighted by atomic mass is 35.5. The van der Waals surface area contributed by atoms with Crippen molar-refractivity contribution in [2.45, 2.75) is 16.6 Å². The summed E-state index contributed by atoms with van der Waals surface area (Å²) >= 11 is 5.87. The van der Waals surface area contributed by atoms with Crippen LogP contribution in [0.2, 0.25) is 5.02 Å². The third kappa shape index (κ3) is 4.03. The number of halogens is 1. The number of ketones is 1. The summed E-state index contributed by atoms with van der Waals surface area (Å²) in [6.45, 7) is 0. The molecule has 3 aromatic rings. The molecule has 0 aromatic heterocycles. The predicted molar refractivity (Wildman–Crippen MR) is 103 cm³/mol. The van der Waals surface area contributed by atoms with Gasteiger partial charge in [-0.1, -0.05) is 72.3 Å². The molecule has 0 aliphatic rings. The molecule has 0 spiro atoms. The van der Waals surface area contributed by atoms with Crippen LogP contribution in [0.25, 0.3) is 0 Å². The normalized spacial score (nSPS) is 12.5. The van der Waals surface area contributed by atoms with Gasteiger partial charge >= 0.3 is 0 Å². The average molecular weight is 385 g/mol. The lowest BCUT2D eigenvalue weighted by Gasteiger charge is -2.18. The molecule has 132 valence electrons. The lowest BCUT2D eigenvalue weighted by molar-refractivity contribution is 0.0980. The molecule has 0 saturated carbocycles. The molecule has 3 nitrogen and oxygen atoms in total. The first kappa shape index (κ1) is 18.4. The molecule has 0 saturated heterocycles. The highest BCUT2D eigenvalue weighted by Gasteiger charge is 2.31. The van der Waals surface area contributed by atoms with Gasteiger partial charge in [-0.2, -0.15) is 0 Å². The summed E-state index contributed by atoms with van der Waals surface area (Å²) < 4.78 is 26.4. The van der Waals surface area contributed by atoms with Crippen LogP contribution in [0.15, 0.2) is 89.8 Å². The number of Topliss-reactive ketones (excluding diaryl/α,β-unsaturated/α-hetero) is 1. The molecular weight excluding hydrogens is 368 g/mol. The summed E-state index contributed by atoms with van der Waals surface area (Å²) in [5, 5.41) is -0.502. The molecule has 0 amide bonds. The van der Waals surface area contributed by atoms with Gasteiger partial charge in [-0.25, -0.2) is 8.42 Å². The van der Waals surface area contributed by atoms with E-state index in [0.717, 1.165) is 0 Å². The summed E-state index contributed by atoms with van der Waals surface area (Å²) in [6.07, 6.45) is -0.126. The molecule has 3 aromatic carbocycles. The van der Waals surface area contributed by atoms with Crippen molar-refractivity contribution >= 4 is 27.2 Å². The van der Waals surface area contributed by atoms with Gasteiger partial charge in [0.2, 0.25) is 0 Å². The van der Waals surface area contributed by atoms with Crippen molar-refractivity contribution in [3.8, 4) is 0 Å². The van der Waals surface area contributed by atoms with E-state index in [1.807, 2.05) is 12.1 Å². The molecule has 0 fully saturated rings. The molecule has 0 aliphatic carbocycles. The Hall–Kier alpha value is -2.43. The second-order valence-corrected chi connectivity index (χ2v) is 8.46. The van der Waals surface area contributed by atoms with E-state index in [-0.39, 0.29) is 17.1 Å². The van der Waals surface area contributed by atoms with Crippen molar-refractivity contribution in [1.82, 2.24) is 0 Å². The summed E-state index contributed by atoms with van der Waals surface area (Å²) in [4.78, 5) is 12.8. The van der Waals surface area contributed by atoms with Gasteiger partial charge in [0.15, 0.2) is 15.6 Å². The summed E-state index contributed by atoms with van der Waals surface area (Å²) in [5.74, 6) is -0.211. The van der Waals surface area contributed by atoms with Crippen molar-refractivity contribution < 1.29 is 13.2 Å². The maximum absolute atomic E-state index is 13.2. The second-order valence-electron chi connectivity index (χ2n) is 5.89. The molecule has 26 heavy (non-hydrogen) atoms. The zero-order chi connectivity index (χ0) is 18.6. The molecule has 0 aliphatic heterocycles. The van der Waals surface area contributed by atoms with Gasteiger partial charge in [0.25, 0.3) is 0 Å². The van der Waals surface area contributed by atoms with Crippen LogP contribution < -0.4 is 0 Å². The zero-order valence-electron chi connectivity index (χ0n) is 13.9. The van der Waals surface area contributed by atoms with Crippen molar-refractivity contribution in [3.63, 3.8) is 0 Å². The Morgan fingerprint density at radius 1 is 0.808 bits per heavy atom. The number of benzene rings is 3. The number of carbonyl (C=O) groups excluding carboxylic acids is 1. The SMILES string of the molecule is O=C(C[C@@H](c1ccccc1)S(=O)(=O)c1ccc(Cl)cc1)c1ccccc1. The molecule has 0 radical (unpaired) electrons. The predicted octanol–water partition coefficient (Wildman–Crippen LogP) is 5.13. The Morgan fingerprint density at radius 2 is 1.35 bits per heavy atom. The quantitative estimate of drug-likeness (QED) is 0.553. The van der Waals surface area contributed by atoms with E-state index in [1.165, 1.54) is 24.3 Å². The number of hydrogen-bond donors (Lipinski definition) is 0. The lowest BCUT2D eigenvalue weighted by Crippen LogP contribution is -2.18. The van der Waals surface area contributed by atoms with E-state index in [4.69, 9.17) is 11.6 Å². The van der Waals surface area contributed by atoms with Gasteiger partial charge in [-0.05, 0) is 29.8 Å². The van der Waals surface area contributed by atoms with Crippen molar-refractivity contribution in [3.05, 3.63) is 101 Å². The van der Waals surface area contributed by atoms with E-state index < -0.39 is 15.1 Å². The monoisotopic (exact) mass is 384 g/mol. The van der Waals surface area contributed by atoms with E-state index in [2.05, 4.69) is 0 Å². The van der Waals surface area contributed by atoms with Crippen LogP contribution in [0.5, 0.6) is 0 Å². The van der Waals surface area contributed by atoms with Crippen molar-refractivity contribution in [2.24, 2.45) is 0 Å². The molecular formula is C21H17ClO3S. The number of rotatable bonds is 6. The molecule has 0 N–H and O–H groups in total. The second kappa shape index (κ2) is 7.85. The molecule has 0 unspecified atom stereocenters. The minimum absolute atomic E-state index is 0.126. The van der Waals surface area contributed by atoms with E-state index in [1.54, 1.807) is 48.5 Å². The first-order chi connectivity index (χ1) is 12.5. The average Bonchev–Trinajstić information content (AvgIpc) is 2.67. The highest BCUT2D eigenvalue weighted by Crippen LogP contribution is 2.33. The van der Waals surface area contributed by atoms with Gasteiger partial charge in [0.1, 0.15) is 0 Å². The molecule has 1 atom stereocenters. The fourth-order valence-electron chi connectivity index (χ4n) is 2.77. The van der Waals surface area contributed by atoms with Gasteiger partial charge in [-0.3, -0.25) is 4.79 Å². The van der Waals surface area contributed by atoms with Crippen LogP contribution in [0.3, 0.4) is 0 Å². The van der Waals surface area contributed by atoms with Gasteiger partial charge in [-0.15, -0.1) is 0 Å². The fraction of sp³-hybridized carbons (Fsp3) is 0.0952. The van der Waals surface area contributed by atoms with Gasteiger partial charge in [0, 0.05) is 17.0 Å². The van der Waals surface area contributed by atoms with Crippen LogP contribution >= 0.6 is 11.6 Å². The number of sulfone groups is 1. The molecule has 3 rings (SSSR count). The van der Waals surface area contributed by atoms with Crippen LogP contribution in [0, 0.1) is 0 Å². The third-order valence-corrected chi connectivity index (χ3v) is 6.52. The minimum atomic E-state index is -3.75. The largest absolute Gasteiger partial charge is 0.294 e. The van der Waals surface area contributed by atoms with Gasteiger partial charge in [0.05, 0.1) is 10.1 Å². The van der Waals surface area contributed by atoms with Crippen LogP contribution in [-0.4, -0.2) is 14.2 Å². The maximum atomic E-state index is 13.2. The maximum Gasteiger partial charge on any atom is 0.185 e. The van der Waals surface area contributed by atoms with Crippen LogP contribution in [-0.2, 0) is 9.84 Å². The van der Waals surface area contributed by atoms with Crippen LogP contribution in [0.1, 0.15) is 27.6 Å². The Labute approximate surface area is 158 Å². The fourth-order valence-corrected chi connectivity index (χ4v) is 4.63. The van der Waals surface area contributed by atoms with Crippen molar-refractivity contribution in [1.29, 1.82) is 0 Å². The smallest absolute Gasteiger partial charge is 0.185 e. The zero-order valence-corrected chi connectivity index (χ0v) is 15.5. The first-order valence-corrected chi connectivity index (χ1v) is 10.0. The minimum Gasteiger partial charge on any atom is -0.294 e. The third-order valence-electron chi connectivity index (χ3n) is 4.15. The van der Waals surface area contributed by atoms with Gasteiger partial charge < -0.3 is 0 Å². The topological polar surface area (TPSA) is 51.2 Å². The Kier molecular flexibility index (Phi) is 5.55. The van der Waals surface area contributed by atoms with Crippen molar-refractivity contribution in [2.75, 3.05) is 0 Å². The first-order valence-electron chi connectivity index (χ1n) is 8.11. The van der Waals surface area contributed by atoms with Crippen LogP contribution in [0.4, 0.5) is 0 Å². The Balaban J connectivity index is 2.01. The Morgan fingerprint density at radius 3 is 1.92 bits per heavy atom. The molecule has 0 heterocycles. The summed E-state index contributed by atoms with van der Waals surface area (Å²) in [6, 6.07) is 23.6. The number of carbonyl (C=O) groups is 1. The lowest BCUT2D eigenvalue weighted by atomic mass is 10.0.